The highest BCUT2D eigenvalue weighted by Gasteiger charge is 2.20. The van der Waals surface area contributed by atoms with Crippen LogP contribution in [0.2, 0.25) is 20.1 Å². The molecule has 8 heteroatoms. The average Bonchev–Trinajstić information content (AvgIpc) is 2.56. The second kappa shape index (κ2) is 8.77. The number of hydrogen-bond donors (Lipinski definition) is 0. The topological polar surface area (TPSA) is 52.6 Å². The van der Waals surface area contributed by atoms with Gasteiger partial charge in [-0.25, -0.2) is 4.79 Å². The van der Waals surface area contributed by atoms with E-state index in [0.29, 0.717) is 10.0 Å². The molecular weight excluding hydrogens is 410 g/mol. The Kier molecular flexibility index (Phi) is 6.96. The number of halogens is 4. The Labute approximate surface area is 164 Å². The van der Waals surface area contributed by atoms with Gasteiger partial charge in [-0.1, -0.05) is 46.4 Å². The molecule has 1 unspecified atom stereocenters. The fraction of sp³-hybridized carbons (Fsp3) is 0.176. The molecule has 0 radical (unpaired) electrons. The predicted octanol–water partition coefficient (Wildman–Crippen LogP) is 5.49. The van der Waals surface area contributed by atoms with Gasteiger partial charge in [0, 0.05) is 15.6 Å². The minimum Gasteiger partial charge on any atom is -0.477 e. The van der Waals surface area contributed by atoms with E-state index in [1.165, 1.54) is 31.2 Å². The summed E-state index contributed by atoms with van der Waals surface area (Å²) in [5.74, 6) is -0.921. The lowest BCUT2D eigenvalue weighted by molar-refractivity contribution is -0.149. The maximum atomic E-state index is 12.1. The summed E-state index contributed by atoms with van der Waals surface area (Å²) in [6, 6.07) is 9.05. The van der Waals surface area contributed by atoms with Gasteiger partial charge in [0.15, 0.2) is 12.7 Å². The van der Waals surface area contributed by atoms with Gasteiger partial charge >= 0.3 is 5.97 Å². The molecule has 0 N–H and O–H groups in total. The summed E-state index contributed by atoms with van der Waals surface area (Å²) in [4.78, 5) is 24.1. The van der Waals surface area contributed by atoms with Crippen LogP contribution < -0.4 is 4.74 Å². The van der Waals surface area contributed by atoms with Crippen LogP contribution in [-0.4, -0.2) is 24.5 Å². The van der Waals surface area contributed by atoms with E-state index in [0.717, 1.165) is 0 Å². The molecule has 2 aromatic rings. The van der Waals surface area contributed by atoms with E-state index in [1.807, 2.05) is 0 Å². The standard InChI is InChI=1S/C17H12Cl4O4/c1-9(25-16-5-3-11(19)7-14(16)21)17(23)24-8-15(22)12-6-10(18)2-4-13(12)20/h2-7,9H,8H2,1H3. The van der Waals surface area contributed by atoms with Gasteiger partial charge in [-0.2, -0.15) is 0 Å². The van der Waals surface area contributed by atoms with Crippen LogP contribution in [0, 0.1) is 0 Å². The molecule has 0 aliphatic carbocycles. The predicted molar refractivity (Wildman–Crippen MR) is 98.3 cm³/mol. The molecule has 0 bridgehead atoms. The highest BCUT2D eigenvalue weighted by atomic mass is 35.5. The summed E-state index contributed by atoms with van der Waals surface area (Å²) in [7, 11) is 0. The van der Waals surface area contributed by atoms with Crippen molar-refractivity contribution in [2.45, 2.75) is 13.0 Å². The van der Waals surface area contributed by atoms with E-state index in [9.17, 15) is 9.59 Å². The Bertz CT molecular complexity index is 807. The normalized spacial score (nSPS) is 11.7. The Balaban J connectivity index is 1.95. The number of benzene rings is 2. The number of rotatable bonds is 6. The van der Waals surface area contributed by atoms with Gasteiger partial charge in [-0.05, 0) is 43.3 Å². The van der Waals surface area contributed by atoms with Crippen LogP contribution in [0.1, 0.15) is 17.3 Å². The van der Waals surface area contributed by atoms with Crippen LogP contribution in [0.5, 0.6) is 5.75 Å². The molecular formula is C17H12Cl4O4. The van der Waals surface area contributed by atoms with Gasteiger partial charge in [-0.15, -0.1) is 0 Å². The fourth-order valence-electron chi connectivity index (χ4n) is 1.85. The molecule has 2 aromatic carbocycles. The highest BCUT2D eigenvalue weighted by molar-refractivity contribution is 6.36. The smallest absolute Gasteiger partial charge is 0.347 e. The number of esters is 1. The van der Waals surface area contributed by atoms with Crippen LogP contribution in [0.3, 0.4) is 0 Å². The number of carbonyl (C=O) groups excluding carboxylic acids is 2. The van der Waals surface area contributed by atoms with E-state index < -0.39 is 24.5 Å². The summed E-state index contributed by atoms with van der Waals surface area (Å²) in [5, 5.41) is 1.28. The molecule has 0 saturated heterocycles. The van der Waals surface area contributed by atoms with Crippen LogP contribution in [-0.2, 0) is 9.53 Å². The molecule has 0 aliphatic heterocycles. The van der Waals surface area contributed by atoms with Crippen LogP contribution in [0.25, 0.3) is 0 Å². The van der Waals surface area contributed by atoms with E-state index in [-0.39, 0.29) is 21.4 Å². The lowest BCUT2D eigenvalue weighted by Crippen LogP contribution is -2.28. The average molecular weight is 422 g/mol. The Morgan fingerprint density at radius 1 is 0.960 bits per heavy atom. The Hall–Kier alpha value is -1.46. The maximum absolute atomic E-state index is 12.1. The van der Waals surface area contributed by atoms with Crippen LogP contribution >= 0.6 is 46.4 Å². The third-order valence-electron chi connectivity index (χ3n) is 3.10. The van der Waals surface area contributed by atoms with Gasteiger partial charge in [-0.3, -0.25) is 4.79 Å². The third kappa shape index (κ3) is 5.51. The van der Waals surface area contributed by atoms with Crippen molar-refractivity contribution >= 4 is 58.2 Å². The van der Waals surface area contributed by atoms with Gasteiger partial charge < -0.3 is 9.47 Å². The fourth-order valence-corrected chi connectivity index (χ4v) is 2.70. The molecule has 4 nitrogen and oxygen atoms in total. The number of hydrogen-bond acceptors (Lipinski definition) is 4. The zero-order valence-corrected chi connectivity index (χ0v) is 15.9. The second-order valence-corrected chi connectivity index (χ2v) is 6.68. The van der Waals surface area contributed by atoms with Crippen molar-refractivity contribution in [2.24, 2.45) is 0 Å². The van der Waals surface area contributed by atoms with E-state index in [2.05, 4.69) is 0 Å². The summed E-state index contributed by atoms with van der Waals surface area (Å²) in [6.07, 6.45) is -0.971. The van der Waals surface area contributed by atoms with Crippen molar-refractivity contribution in [2.75, 3.05) is 6.61 Å². The first-order valence-electron chi connectivity index (χ1n) is 7.04. The molecule has 0 saturated carbocycles. The molecule has 2 rings (SSSR count). The molecule has 0 heterocycles. The van der Waals surface area contributed by atoms with E-state index in [1.54, 1.807) is 12.1 Å². The molecule has 0 aromatic heterocycles. The van der Waals surface area contributed by atoms with E-state index >= 15 is 0 Å². The van der Waals surface area contributed by atoms with Crippen LogP contribution in [0.15, 0.2) is 36.4 Å². The Morgan fingerprint density at radius 2 is 1.60 bits per heavy atom. The summed E-state index contributed by atoms with van der Waals surface area (Å²) >= 11 is 23.5. The maximum Gasteiger partial charge on any atom is 0.347 e. The third-order valence-corrected chi connectivity index (χ3v) is 4.20. The minimum atomic E-state index is -0.971. The summed E-state index contributed by atoms with van der Waals surface area (Å²) in [5.41, 5.74) is 0.177. The lowest BCUT2D eigenvalue weighted by atomic mass is 10.1. The highest BCUT2D eigenvalue weighted by Crippen LogP contribution is 2.28. The molecule has 0 amide bonds. The molecule has 0 spiro atoms. The first kappa shape index (κ1) is 19.9. The molecule has 132 valence electrons. The monoisotopic (exact) mass is 420 g/mol. The van der Waals surface area contributed by atoms with Gasteiger partial charge in [0.05, 0.1) is 10.0 Å². The van der Waals surface area contributed by atoms with Gasteiger partial charge in [0.1, 0.15) is 5.75 Å². The number of ether oxygens (including phenoxy) is 2. The number of carbonyl (C=O) groups is 2. The van der Waals surface area contributed by atoms with E-state index in [4.69, 9.17) is 55.9 Å². The Morgan fingerprint density at radius 3 is 2.28 bits per heavy atom. The number of ketones is 1. The SMILES string of the molecule is CC(Oc1ccc(Cl)cc1Cl)C(=O)OCC(=O)c1cc(Cl)ccc1Cl. The largest absolute Gasteiger partial charge is 0.477 e. The van der Waals surface area contributed by atoms with Gasteiger partial charge in [0.25, 0.3) is 0 Å². The molecule has 1 atom stereocenters. The van der Waals surface area contributed by atoms with Crippen molar-refractivity contribution in [1.29, 1.82) is 0 Å². The first-order chi connectivity index (χ1) is 11.8. The van der Waals surface area contributed by atoms with Crippen molar-refractivity contribution in [3.05, 3.63) is 62.1 Å². The first-order valence-corrected chi connectivity index (χ1v) is 8.55. The minimum absolute atomic E-state index is 0.177. The zero-order chi connectivity index (χ0) is 18.6. The molecule has 25 heavy (non-hydrogen) atoms. The lowest BCUT2D eigenvalue weighted by Gasteiger charge is -2.15. The number of Topliss-reactive ketones (excluding diaryl/α,β-unsaturated/α-hetero) is 1. The molecule has 0 aliphatic rings. The quantitative estimate of drug-likeness (QED) is 0.456. The van der Waals surface area contributed by atoms with Crippen molar-refractivity contribution < 1.29 is 19.1 Å². The van der Waals surface area contributed by atoms with Crippen molar-refractivity contribution in [1.82, 2.24) is 0 Å². The van der Waals surface area contributed by atoms with Crippen LogP contribution in [0.4, 0.5) is 0 Å². The van der Waals surface area contributed by atoms with Gasteiger partial charge in [0.2, 0.25) is 5.78 Å². The zero-order valence-electron chi connectivity index (χ0n) is 12.9. The van der Waals surface area contributed by atoms with Crippen molar-refractivity contribution in [3.63, 3.8) is 0 Å². The summed E-state index contributed by atoms with van der Waals surface area (Å²) in [6.45, 7) is 0.991. The van der Waals surface area contributed by atoms with Crippen molar-refractivity contribution in [3.8, 4) is 5.75 Å². The molecule has 0 fully saturated rings. The second-order valence-electron chi connectivity index (χ2n) is 4.99. The summed E-state index contributed by atoms with van der Waals surface area (Å²) < 4.78 is 10.4.